The smallest absolute Gasteiger partial charge is 0.305 e. The van der Waals surface area contributed by atoms with Gasteiger partial charge in [-0.2, -0.15) is 0 Å². The molecule has 1 aromatic carbocycles. The van der Waals surface area contributed by atoms with Gasteiger partial charge in [-0.1, -0.05) is 18.2 Å². The minimum Gasteiger partial charge on any atom is -0.494 e. The molecule has 0 unspecified atom stereocenters. The summed E-state index contributed by atoms with van der Waals surface area (Å²) in [4.78, 5) is 36.2. The Morgan fingerprint density at radius 1 is 1.09 bits per heavy atom. The van der Waals surface area contributed by atoms with Crippen molar-refractivity contribution in [3.8, 4) is 0 Å². The summed E-state index contributed by atoms with van der Waals surface area (Å²) in [6.45, 7) is 4.04. The number of H-pyrrole nitrogens is 2. The first kappa shape index (κ1) is 22.3. The summed E-state index contributed by atoms with van der Waals surface area (Å²) >= 11 is 0. The Balaban J connectivity index is 1.74. The number of ether oxygens (including phenoxy) is 2. The lowest BCUT2D eigenvalue weighted by molar-refractivity contribution is -0.140. The number of aliphatic imine (C=N–C) groups is 1. The van der Waals surface area contributed by atoms with Crippen molar-refractivity contribution in [2.45, 2.75) is 33.1 Å². The number of methoxy groups -OCH3 is 2. The molecule has 0 amide bonds. The lowest BCUT2D eigenvalue weighted by Gasteiger charge is -2.03. The number of hydrogen-bond donors (Lipinski definition) is 2. The molecule has 0 atom stereocenters. The Bertz CT molecular complexity index is 1320. The maximum Gasteiger partial charge on any atom is 0.305 e. The van der Waals surface area contributed by atoms with Gasteiger partial charge in [0, 0.05) is 41.2 Å². The summed E-state index contributed by atoms with van der Waals surface area (Å²) in [5, 5.41) is 0.832. The molecule has 7 nitrogen and oxygen atoms in total. The molecule has 0 spiro atoms. The van der Waals surface area contributed by atoms with Crippen LogP contribution >= 0.6 is 0 Å². The van der Waals surface area contributed by atoms with Crippen molar-refractivity contribution in [2.75, 3.05) is 14.2 Å². The Morgan fingerprint density at radius 3 is 2.58 bits per heavy atom. The second kappa shape index (κ2) is 9.32. The summed E-state index contributed by atoms with van der Waals surface area (Å²) in [7, 11) is 2.95. The van der Waals surface area contributed by atoms with Crippen LogP contribution in [-0.4, -0.2) is 41.7 Å². The number of hydrogen-bond acceptors (Lipinski definition) is 5. The average molecular weight is 446 g/mol. The Kier molecular flexibility index (Phi) is 6.31. The molecule has 4 rings (SSSR count). The first-order valence-corrected chi connectivity index (χ1v) is 10.8. The van der Waals surface area contributed by atoms with Crippen molar-refractivity contribution in [3.63, 3.8) is 0 Å². The van der Waals surface area contributed by atoms with E-state index in [0.29, 0.717) is 34.8 Å². The number of Topliss-reactive ketones (excluding diaryl/α,β-unsaturated/α-hetero) is 1. The summed E-state index contributed by atoms with van der Waals surface area (Å²) < 4.78 is 10.3. The Labute approximate surface area is 192 Å². The van der Waals surface area contributed by atoms with Gasteiger partial charge in [0.1, 0.15) is 11.5 Å². The van der Waals surface area contributed by atoms with E-state index in [2.05, 4.69) is 20.8 Å². The van der Waals surface area contributed by atoms with Crippen molar-refractivity contribution in [2.24, 2.45) is 4.99 Å². The number of aromatic nitrogens is 2. The number of nitrogens with one attached hydrogen (secondary N) is 2. The van der Waals surface area contributed by atoms with Gasteiger partial charge in [0.15, 0.2) is 5.78 Å². The van der Waals surface area contributed by atoms with Gasteiger partial charge in [-0.25, -0.2) is 4.99 Å². The first-order chi connectivity index (χ1) is 15.9. The number of benzene rings is 1. The van der Waals surface area contributed by atoms with Crippen LogP contribution in [0.2, 0.25) is 0 Å². The molecule has 3 aromatic rings. The number of allylic oxidation sites excluding steroid dienone is 1. The highest BCUT2D eigenvalue weighted by atomic mass is 16.5. The molecule has 0 fully saturated rings. The van der Waals surface area contributed by atoms with Gasteiger partial charge in [0.2, 0.25) is 0 Å². The molecule has 0 saturated carbocycles. The van der Waals surface area contributed by atoms with Crippen molar-refractivity contribution < 1.29 is 19.1 Å². The van der Waals surface area contributed by atoms with Crippen molar-refractivity contribution >= 4 is 34.4 Å². The van der Waals surface area contributed by atoms with Crippen molar-refractivity contribution in [1.82, 2.24) is 9.97 Å². The van der Waals surface area contributed by atoms with E-state index in [1.54, 1.807) is 7.11 Å². The molecular weight excluding hydrogens is 418 g/mol. The third kappa shape index (κ3) is 4.53. The van der Waals surface area contributed by atoms with E-state index in [1.807, 2.05) is 50.3 Å². The van der Waals surface area contributed by atoms with Crippen LogP contribution in [0.5, 0.6) is 0 Å². The van der Waals surface area contributed by atoms with Crippen LogP contribution in [0, 0.1) is 13.8 Å². The van der Waals surface area contributed by atoms with Gasteiger partial charge in [-0.3, -0.25) is 9.59 Å². The fourth-order valence-electron chi connectivity index (χ4n) is 4.09. The topological polar surface area (TPSA) is 96.5 Å². The molecule has 170 valence electrons. The largest absolute Gasteiger partial charge is 0.494 e. The molecule has 1 aliphatic heterocycles. The summed E-state index contributed by atoms with van der Waals surface area (Å²) in [5.41, 5.74) is 6.54. The third-order valence-corrected chi connectivity index (χ3v) is 5.71. The van der Waals surface area contributed by atoms with Crippen LogP contribution in [0.15, 0.2) is 52.9 Å². The van der Waals surface area contributed by atoms with Crippen molar-refractivity contribution in [3.05, 3.63) is 76.1 Å². The predicted molar refractivity (Wildman–Crippen MR) is 128 cm³/mol. The van der Waals surface area contributed by atoms with Crippen LogP contribution in [-0.2, 0) is 14.3 Å². The maximum atomic E-state index is 13.2. The minimum absolute atomic E-state index is 0.0466. The normalized spacial score (nSPS) is 14.5. The van der Waals surface area contributed by atoms with Gasteiger partial charge < -0.3 is 19.4 Å². The molecule has 0 aliphatic carbocycles. The molecule has 3 heterocycles. The monoisotopic (exact) mass is 445 g/mol. The summed E-state index contributed by atoms with van der Waals surface area (Å²) in [6.07, 6.45) is 4.66. The zero-order valence-electron chi connectivity index (χ0n) is 19.2. The number of fused-ring (bicyclic) bond motifs is 1. The SMILES string of the molecule is COC(=O)CCCC(=O)c1c(C2=N/C(=C\c3[nH]c(C)cc3C)C(OC)=C2)[nH]c2ccccc12. The second-order valence-electron chi connectivity index (χ2n) is 8.06. The highest BCUT2D eigenvalue weighted by Crippen LogP contribution is 2.31. The van der Waals surface area contributed by atoms with Gasteiger partial charge in [0.05, 0.1) is 31.2 Å². The lowest BCUT2D eigenvalue weighted by Crippen LogP contribution is -2.08. The maximum absolute atomic E-state index is 13.2. The standard InChI is InChI=1S/C26H27N3O4/c1-15-12-16(2)27-19(15)13-20-23(32-3)14-21(28-20)26-25(17-8-5-6-9-18(17)29-26)22(30)10-7-11-24(31)33-4/h5-6,8-9,12-14,27,29H,7,10-11H2,1-4H3/b20-13-. The predicted octanol–water partition coefficient (Wildman–Crippen LogP) is 5.01. The van der Waals surface area contributed by atoms with Gasteiger partial charge in [0.25, 0.3) is 0 Å². The van der Waals surface area contributed by atoms with Crippen LogP contribution in [0.25, 0.3) is 17.0 Å². The number of nitrogens with zero attached hydrogens (tertiary/aromatic N) is 1. The fraction of sp³-hybridized carbons (Fsp3) is 0.269. The first-order valence-electron chi connectivity index (χ1n) is 10.8. The highest BCUT2D eigenvalue weighted by molar-refractivity contribution is 6.22. The zero-order chi connectivity index (χ0) is 23.5. The molecule has 1 aliphatic rings. The molecule has 2 aromatic heterocycles. The molecule has 2 N–H and O–H groups in total. The highest BCUT2D eigenvalue weighted by Gasteiger charge is 2.25. The lowest BCUT2D eigenvalue weighted by atomic mass is 10.00. The Morgan fingerprint density at radius 2 is 1.88 bits per heavy atom. The number of aromatic amines is 2. The van der Waals surface area contributed by atoms with E-state index >= 15 is 0 Å². The molecular formula is C26H27N3O4. The van der Waals surface area contributed by atoms with Crippen molar-refractivity contribution in [1.29, 1.82) is 0 Å². The third-order valence-electron chi connectivity index (χ3n) is 5.71. The molecule has 33 heavy (non-hydrogen) atoms. The quantitative estimate of drug-likeness (QED) is 0.376. The van der Waals surface area contributed by atoms with E-state index in [-0.39, 0.29) is 24.6 Å². The van der Waals surface area contributed by atoms with Crippen LogP contribution in [0.3, 0.4) is 0 Å². The van der Waals surface area contributed by atoms with Gasteiger partial charge in [-0.05, 0) is 44.0 Å². The average Bonchev–Trinajstić information content (AvgIpc) is 3.48. The number of aryl methyl sites for hydroxylation is 2. The second-order valence-corrected chi connectivity index (χ2v) is 8.06. The molecule has 0 bridgehead atoms. The van der Waals surface area contributed by atoms with Crippen LogP contribution in [0.4, 0.5) is 0 Å². The summed E-state index contributed by atoms with van der Waals surface area (Å²) in [5.74, 6) is 0.258. The number of carbonyl (C=O) groups excluding carboxylic acids is 2. The Hall–Kier alpha value is -3.87. The number of rotatable bonds is 8. The molecule has 7 heteroatoms. The minimum atomic E-state index is -0.320. The van der Waals surface area contributed by atoms with E-state index in [4.69, 9.17) is 9.73 Å². The van der Waals surface area contributed by atoms with E-state index in [9.17, 15) is 9.59 Å². The van der Waals surface area contributed by atoms with E-state index in [0.717, 1.165) is 27.9 Å². The number of para-hydroxylation sites is 1. The van der Waals surface area contributed by atoms with Gasteiger partial charge >= 0.3 is 5.97 Å². The van der Waals surface area contributed by atoms with Gasteiger partial charge in [-0.15, -0.1) is 0 Å². The summed E-state index contributed by atoms with van der Waals surface area (Å²) in [6, 6.07) is 9.75. The number of carbonyl (C=O) groups is 2. The molecule has 0 saturated heterocycles. The number of esters is 1. The van der Waals surface area contributed by atoms with Crippen LogP contribution < -0.4 is 0 Å². The molecule has 0 radical (unpaired) electrons. The van der Waals surface area contributed by atoms with Crippen LogP contribution in [0.1, 0.15) is 52.3 Å². The van der Waals surface area contributed by atoms with E-state index < -0.39 is 0 Å². The zero-order valence-corrected chi connectivity index (χ0v) is 19.2. The number of ketones is 1. The fourth-order valence-corrected chi connectivity index (χ4v) is 4.09. The van der Waals surface area contributed by atoms with E-state index in [1.165, 1.54) is 7.11 Å².